The number of aliphatic hydroxyl groups is 2. The van der Waals surface area contributed by atoms with Crippen molar-refractivity contribution in [2.75, 3.05) is 44.3 Å². The molecule has 0 saturated carbocycles. The number of piperazine rings is 1. The quantitative estimate of drug-likeness (QED) is 0.512. The second-order valence-electron chi connectivity index (χ2n) is 8.45. The van der Waals surface area contributed by atoms with Gasteiger partial charge in [-0.25, -0.2) is 8.78 Å². The highest BCUT2D eigenvalue weighted by Crippen LogP contribution is 2.35. The molecule has 0 unspecified atom stereocenters. The number of aliphatic hydroxyl groups excluding tert-OH is 2. The van der Waals surface area contributed by atoms with Gasteiger partial charge in [0.15, 0.2) is 0 Å². The Labute approximate surface area is 203 Å². The average Bonchev–Trinajstić information content (AvgIpc) is 2.88. The molecule has 0 bridgehead atoms. The van der Waals surface area contributed by atoms with Crippen molar-refractivity contribution in [3.05, 3.63) is 95.1 Å². The van der Waals surface area contributed by atoms with Crippen molar-refractivity contribution >= 4 is 5.69 Å². The van der Waals surface area contributed by atoms with Crippen LogP contribution >= 0.6 is 0 Å². The maximum Gasteiger partial charge on any atom is 0.123 e. The van der Waals surface area contributed by atoms with E-state index in [0.717, 1.165) is 11.3 Å². The summed E-state index contributed by atoms with van der Waals surface area (Å²) in [4.78, 5) is 4.23. The monoisotopic (exact) mass is 479 g/mol. The van der Waals surface area contributed by atoms with E-state index < -0.39 is 6.10 Å². The Morgan fingerprint density at radius 1 is 1.00 bits per heavy atom. The summed E-state index contributed by atoms with van der Waals surface area (Å²) in [6.07, 6.45) is -0.784. The zero-order chi connectivity index (χ0) is 24.8. The molecule has 0 aliphatic carbocycles. The molecule has 1 fully saturated rings. The van der Waals surface area contributed by atoms with Gasteiger partial charge in [0.2, 0.25) is 0 Å². The minimum atomic E-state index is -0.784. The van der Waals surface area contributed by atoms with Crippen LogP contribution in [0, 0.1) is 23.0 Å². The van der Waals surface area contributed by atoms with Gasteiger partial charge in [0, 0.05) is 26.2 Å². The van der Waals surface area contributed by atoms with E-state index in [0.29, 0.717) is 43.1 Å². The predicted molar refractivity (Wildman–Crippen MR) is 128 cm³/mol. The first-order valence-corrected chi connectivity index (χ1v) is 11.4. The Hall–Kier alpha value is -3.51. The normalized spacial score (nSPS) is 17.1. The van der Waals surface area contributed by atoms with Gasteiger partial charge in [0.25, 0.3) is 0 Å². The van der Waals surface area contributed by atoms with Gasteiger partial charge in [-0.1, -0.05) is 24.3 Å². The van der Waals surface area contributed by atoms with Gasteiger partial charge in [-0.2, -0.15) is 5.26 Å². The first kappa shape index (κ1) is 24.6. The van der Waals surface area contributed by atoms with Crippen molar-refractivity contribution in [2.45, 2.75) is 12.1 Å². The summed E-state index contributed by atoms with van der Waals surface area (Å²) in [5.74, 6) is -0.187. The Kier molecular flexibility index (Phi) is 7.93. The van der Waals surface area contributed by atoms with Gasteiger partial charge >= 0.3 is 0 Å². The summed E-state index contributed by atoms with van der Waals surface area (Å²) in [5, 5.41) is 29.5. The molecule has 0 radical (unpaired) electrons. The Balaban J connectivity index is 1.59. The first-order chi connectivity index (χ1) is 17.0. The highest BCUT2D eigenvalue weighted by molar-refractivity contribution is 5.63. The molecule has 4 rings (SSSR count). The van der Waals surface area contributed by atoms with Crippen molar-refractivity contribution in [2.24, 2.45) is 0 Å². The average molecular weight is 480 g/mol. The Morgan fingerprint density at radius 3 is 2.34 bits per heavy atom. The van der Waals surface area contributed by atoms with Crippen LogP contribution in [0.3, 0.4) is 0 Å². The molecule has 6 nitrogen and oxygen atoms in total. The van der Waals surface area contributed by atoms with Crippen LogP contribution in [0.25, 0.3) is 0 Å². The van der Waals surface area contributed by atoms with Crippen molar-refractivity contribution in [3.63, 3.8) is 0 Å². The van der Waals surface area contributed by atoms with Gasteiger partial charge in [0.1, 0.15) is 30.1 Å². The molecule has 0 aromatic heterocycles. The van der Waals surface area contributed by atoms with Crippen LogP contribution in [0.15, 0.2) is 66.7 Å². The maximum atomic E-state index is 13.6. The van der Waals surface area contributed by atoms with Gasteiger partial charge in [-0.15, -0.1) is 0 Å². The number of nitrogens with zero attached hydrogens (tertiary/aromatic N) is 3. The van der Waals surface area contributed by atoms with Crippen molar-refractivity contribution in [1.29, 1.82) is 5.26 Å². The van der Waals surface area contributed by atoms with Crippen molar-refractivity contribution in [1.82, 2.24) is 4.90 Å². The fourth-order valence-corrected chi connectivity index (χ4v) is 4.41. The van der Waals surface area contributed by atoms with Gasteiger partial charge in [-0.05, 0) is 53.6 Å². The number of hydrogen-bond donors (Lipinski definition) is 2. The van der Waals surface area contributed by atoms with Crippen LogP contribution in [0.4, 0.5) is 14.5 Å². The third kappa shape index (κ3) is 5.95. The molecule has 1 aliphatic heterocycles. The van der Waals surface area contributed by atoms with E-state index in [1.165, 1.54) is 24.3 Å². The van der Waals surface area contributed by atoms with Crippen LogP contribution in [-0.2, 0) is 0 Å². The molecule has 3 aromatic carbocycles. The van der Waals surface area contributed by atoms with E-state index in [2.05, 4.69) is 15.9 Å². The highest BCUT2D eigenvalue weighted by Gasteiger charge is 2.31. The number of rotatable bonds is 8. The van der Waals surface area contributed by atoms with Crippen LogP contribution in [0.1, 0.15) is 28.8 Å². The van der Waals surface area contributed by atoms with Crippen LogP contribution < -0.4 is 9.64 Å². The molecule has 0 spiro atoms. The standard InChI is InChI=1S/C27H27F2N3O3/c28-22-5-1-19(2-6-22)26-17-31(18-27(34)20-3-7-23(29)8-4-20)11-12-32(26)25-10-9-24(35-14-13-33)15-21(25)16-30/h1-10,15,26-27,33-34H,11-14,17-18H2/t26-,27+/m0/s1. The lowest BCUT2D eigenvalue weighted by atomic mass is 9.99. The molecule has 1 saturated heterocycles. The van der Waals surface area contributed by atoms with Gasteiger partial charge < -0.3 is 19.8 Å². The van der Waals surface area contributed by atoms with Crippen LogP contribution in [-0.4, -0.2) is 54.5 Å². The number of hydrogen-bond acceptors (Lipinski definition) is 6. The predicted octanol–water partition coefficient (Wildman–Crippen LogP) is 3.80. The summed E-state index contributed by atoms with van der Waals surface area (Å²) < 4.78 is 32.4. The Morgan fingerprint density at radius 2 is 1.69 bits per heavy atom. The van der Waals surface area contributed by atoms with Crippen molar-refractivity contribution in [3.8, 4) is 11.8 Å². The zero-order valence-electron chi connectivity index (χ0n) is 19.1. The van der Waals surface area contributed by atoms with E-state index in [9.17, 15) is 19.1 Å². The summed E-state index contributed by atoms with van der Waals surface area (Å²) >= 11 is 0. The molecule has 1 heterocycles. The molecule has 1 aliphatic rings. The van der Waals surface area contributed by atoms with E-state index in [1.807, 2.05) is 6.07 Å². The lowest BCUT2D eigenvalue weighted by Gasteiger charge is -2.44. The number of nitriles is 1. The fourth-order valence-electron chi connectivity index (χ4n) is 4.41. The molecule has 182 valence electrons. The van der Waals surface area contributed by atoms with E-state index in [-0.39, 0.29) is 30.9 Å². The number of benzene rings is 3. The molecular weight excluding hydrogens is 452 g/mol. The summed E-state index contributed by atoms with van der Waals surface area (Å²) in [5.41, 5.74) is 2.69. The van der Waals surface area contributed by atoms with E-state index in [1.54, 1.807) is 36.4 Å². The highest BCUT2D eigenvalue weighted by atomic mass is 19.1. The molecule has 2 atom stereocenters. The van der Waals surface area contributed by atoms with Gasteiger partial charge in [-0.3, -0.25) is 4.90 Å². The lowest BCUT2D eigenvalue weighted by molar-refractivity contribution is 0.100. The third-order valence-electron chi connectivity index (χ3n) is 6.16. The molecule has 3 aromatic rings. The lowest BCUT2D eigenvalue weighted by Crippen LogP contribution is -2.49. The Bertz CT molecular complexity index is 1170. The molecule has 8 heteroatoms. The zero-order valence-corrected chi connectivity index (χ0v) is 19.1. The van der Waals surface area contributed by atoms with E-state index in [4.69, 9.17) is 9.84 Å². The van der Waals surface area contributed by atoms with Gasteiger partial charge in [0.05, 0.1) is 30.0 Å². The largest absolute Gasteiger partial charge is 0.491 e. The third-order valence-corrected chi connectivity index (χ3v) is 6.16. The number of halogens is 2. The molecule has 0 amide bonds. The second kappa shape index (κ2) is 11.3. The molecule has 2 N–H and O–H groups in total. The summed E-state index contributed by atoms with van der Waals surface area (Å²) in [7, 11) is 0. The number of anilines is 1. The molecule has 35 heavy (non-hydrogen) atoms. The molecular formula is C27H27F2N3O3. The minimum absolute atomic E-state index is 0.123. The van der Waals surface area contributed by atoms with E-state index >= 15 is 0 Å². The maximum absolute atomic E-state index is 13.6. The topological polar surface area (TPSA) is 80.0 Å². The smallest absolute Gasteiger partial charge is 0.123 e. The SMILES string of the molecule is N#Cc1cc(OCCO)ccc1N1CCN(C[C@@H](O)c2ccc(F)cc2)C[C@H]1c1ccc(F)cc1. The number of β-amino-alcohol motifs (C(OH)–C–C–N with tert-alkyl or cyclic N) is 1. The fraction of sp³-hybridized carbons (Fsp3) is 0.296. The minimum Gasteiger partial charge on any atom is -0.491 e. The number of ether oxygens (including phenoxy) is 1. The van der Waals surface area contributed by atoms with Crippen LogP contribution in [0.2, 0.25) is 0 Å². The van der Waals surface area contributed by atoms with Crippen molar-refractivity contribution < 1.29 is 23.7 Å². The summed E-state index contributed by atoms with van der Waals surface area (Å²) in [6.45, 7) is 2.11. The van der Waals surface area contributed by atoms with Crippen LogP contribution in [0.5, 0.6) is 5.75 Å². The summed E-state index contributed by atoms with van der Waals surface area (Å²) in [6, 6.07) is 19.4. The second-order valence-corrected chi connectivity index (χ2v) is 8.45. The first-order valence-electron chi connectivity index (χ1n) is 11.4.